The first kappa shape index (κ1) is 18.6. The molecule has 1 fully saturated rings. The van der Waals surface area contributed by atoms with Gasteiger partial charge in [-0.15, -0.1) is 0 Å². The van der Waals surface area contributed by atoms with Crippen molar-refractivity contribution in [3.05, 3.63) is 59.7 Å². The summed E-state index contributed by atoms with van der Waals surface area (Å²) < 4.78 is 31.6. The van der Waals surface area contributed by atoms with Crippen LogP contribution in [0, 0.1) is 0 Å². The Hall–Kier alpha value is -2.22. The topological polar surface area (TPSA) is 75.7 Å². The molecule has 26 heavy (non-hydrogen) atoms. The van der Waals surface area contributed by atoms with Crippen molar-refractivity contribution in [2.75, 3.05) is 25.5 Å². The monoisotopic (exact) mass is 374 g/mol. The zero-order valence-electron chi connectivity index (χ0n) is 14.6. The number of nitrogens with zero attached hydrogens (tertiary/aromatic N) is 1. The summed E-state index contributed by atoms with van der Waals surface area (Å²) in [4.78, 5) is 12.6. The summed E-state index contributed by atoms with van der Waals surface area (Å²) in [6.07, 6.45) is 1.80. The fraction of sp³-hybridized carbons (Fsp3) is 0.316. The predicted molar refractivity (Wildman–Crippen MR) is 99.5 cm³/mol. The van der Waals surface area contributed by atoms with Gasteiger partial charge in [-0.25, -0.2) is 8.42 Å². The van der Waals surface area contributed by atoms with Crippen LogP contribution in [0.1, 0.15) is 28.8 Å². The summed E-state index contributed by atoms with van der Waals surface area (Å²) >= 11 is 0. The first-order valence-corrected chi connectivity index (χ1v) is 9.94. The molecule has 0 atom stereocenters. The second kappa shape index (κ2) is 7.99. The number of methoxy groups -OCH3 is 1. The number of carbonyl (C=O) groups excluding carboxylic acids is 1. The average Bonchev–Trinajstić information content (AvgIpc) is 3.19. The van der Waals surface area contributed by atoms with Crippen LogP contribution >= 0.6 is 0 Å². The van der Waals surface area contributed by atoms with E-state index in [1.807, 2.05) is 12.1 Å². The standard InChI is InChI=1S/C19H22N2O4S/c1-25-14-15-4-6-16(7-5-15)19(22)20-17-8-10-18(11-9-17)26(23,24)21-12-2-3-13-21/h4-11H,2-3,12-14H2,1H3,(H,20,22). The third kappa shape index (κ3) is 4.12. The van der Waals surface area contributed by atoms with Gasteiger partial charge >= 0.3 is 0 Å². The van der Waals surface area contributed by atoms with E-state index >= 15 is 0 Å². The highest BCUT2D eigenvalue weighted by Gasteiger charge is 2.26. The molecule has 1 aliphatic heterocycles. The Labute approximate surface area is 153 Å². The van der Waals surface area contributed by atoms with E-state index in [2.05, 4.69) is 5.32 Å². The number of sulfonamides is 1. The molecule has 1 aliphatic rings. The number of carbonyl (C=O) groups is 1. The van der Waals surface area contributed by atoms with E-state index in [-0.39, 0.29) is 10.8 Å². The minimum absolute atomic E-state index is 0.246. The van der Waals surface area contributed by atoms with E-state index in [1.165, 1.54) is 16.4 Å². The van der Waals surface area contributed by atoms with Gasteiger partial charge in [0, 0.05) is 31.5 Å². The molecule has 0 aromatic heterocycles. The van der Waals surface area contributed by atoms with Crippen molar-refractivity contribution in [1.82, 2.24) is 4.31 Å². The number of hydrogen-bond donors (Lipinski definition) is 1. The lowest BCUT2D eigenvalue weighted by molar-refractivity contribution is 0.102. The quantitative estimate of drug-likeness (QED) is 0.844. The lowest BCUT2D eigenvalue weighted by Crippen LogP contribution is -2.27. The molecule has 0 bridgehead atoms. The zero-order chi connectivity index (χ0) is 18.6. The molecule has 1 saturated heterocycles. The highest BCUT2D eigenvalue weighted by molar-refractivity contribution is 7.89. The van der Waals surface area contributed by atoms with Crippen LogP contribution in [0.5, 0.6) is 0 Å². The second-order valence-electron chi connectivity index (χ2n) is 6.22. The van der Waals surface area contributed by atoms with Gasteiger partial charge in [0.1, 0.15) is 0 Å². The van der Waals surface area contributed by atoms with Crippen LogP contribution in [0.2, 0.25) is 0 Å². The molecule has 0 spiro atoms. The fourth-order valence-corrected chi connectivity index (χ4v) is 4.43. The number of anilines is 1. The lowest BCUT2D eigenvalue weighted by atomic mass is 10.1. The van der Waals surface area contributed by atoms with Crippen LogP contribution in [0.15, 0.2) is 53.4 Å². The summed E-state index contributed by atoms with van der Waals surface area (Å²) in [6.45, 7) is 1.63. The summed E-state index contributed by atoms with van der Waals surface area (Å²) in [6, 6.07) is 13.4. The Morgan fingerprint density at radius 3 is 2.23 bits per heavy atom. The normalized spacial score (nSPS) is 15.1. The zero-order valence-corrected chi connectivity index (χ0v) is 15.5. The Morgan fingerprint density at radius 2 is 1.65 bits per heavy atom. The lowest BCUT2D eigenvalue weighted by Gasteiger charge is -2.15. The minimum Gasteiger partial charge on any atom is -0.380 e. The second-order valence-corrected chi connectivity index (χ2v) is 8.16. The maximum absolute atomic E-state index is 12.5. The fourth-order valence-electron chi connectivity index (χ4n) is 2.91. The molecule has 0 aliphatic carbocycles. The SMILES string of the molecule is COCc1ccc(C(=O)Nc2ccc(S(=O)(=O)N3CCCC3)cc2)cc1. The maximum Gasteiger partial charge on any atom is 0.255 e. The van der Waals surface area contributed by atoms with Crippen LogP contribution in [-0.2, 0) is 21.4 Å². The van der Waals surface area contributed by atoms with Gasteiger partial charge in [0.05, 0.1) is 11.5 Å². The van der Waals surface area contributed by atoms with Gasteiger partial charge in [-0.1, -0.05) is 12.1 Å². The molecule has 0 unspecified atom stereocenters. The van der Waals surface area contributed by atoms with Crippen molar-refractivity contribution in [1.29, 1.82) is 0 Å². The highest BCUT2D eigenvalue weighted by atomic mass is 32.2. The minimum atomic E-state index is -3.44. The molecule has 0 radical (unpaired) electrons. The maximum atomic E-state index is 12.5. The van der Waals surface area contributed by atoms with Crippen molar-refractivity contribution in [2.24, 2.45) is 0 Å². The summed E-state index contributed by atoms with van der Waals surface area (Å²) in [5, 5.41) is 2.78. The van der Waals surface area contributed by atoms with Crippen molar-refractivity contribution in [3.8, 4) is 0 Å². The Morgan fingerprint density at radius 1 is 1.04 bits per heavy atom. The Kier molecular flexibility index (Phi) is 5.70. The van der Waals surface area contributed by atoms with E-state index in [1.54, 1.807) is 31.4 Å². The van der Waals surface area contributed by atoms with Crippen molar-refractivity contribution < 1.29 is 17.9 Å². The first-order chi connectivity index (χ1) is 12.5. The van der Waals surface area contributed by atoms with Gasteiger partial charge < -0.3 is 10.1 Å². The van der Waals surface area contributed by atoms with E-state index in [9.17, 15) is 13.2 Å². The first-order valence-electron chi connectivity index (χ1n) is 8.50. The molecule has 2 aromatic rings. The number of ether oxygens (including phenoxy) is 1. The van der Waals surface area contributed by atoms with Crippen LogP contribution in [0.25, 0.3) is 0 Å². The van der Waals surface area contributed by atoms with E-state index in [4.69, 9.17) is 4.74 Å². The average molecular weight is 374 g/mol. The van der Waals surface area contributed by atoms with Crippen molar-refractivity contribution >= 4 is 21.6 Å². The number of rotatable bonds is 6. The van der Waals surface area contributed by atoms with Crippen LogP contribution in [0.3, 0.4) is 0 Å². The van der Waals surface area contributed by atoms with Gasteiger partial charge in [-0.05, 0) is 54.8 Å². The van der Waals surface area contributed by atoms with Gasteiger partial charge in [0.2, 0.25) is 10.0 Å². The van der Waals surface area contributed by atoms with Gasteiger partial charge in [0.15, 0.2) is 0 Å². The molecular weight excluding hydrogens is 352 g/mol. The Balaban J connectivity index is 1.68. The number of amides is 1. The molecule has 6 nitrogen and oxygen atoms in total. The van der Waals surface area contributed by atoms with E-state index in [0.29, 0.717) is 30.9 Å². The molecule has 7 heteroatoms. The van der Waals surface area contributed by atoms with Crippen LogP contribution < -0.4 is 5.32 Å². The molecule has 2 aromatic carbocycles. The molecular formula is C19H22N2O4S. The molecule has 1 N–H and O–H groups in total. The van der Waals surface area contributed by atoms with Crippen LogP contribution in [-0.4, -0.2) is 38.8 Å². The molecule has 0 saturated carbocycles. The van der Waals surface area contributed by atoms with E-state index in [0.717, 1.165) is 18.4 Å². The van der Waals surface area contributed by atoms with Crippen molar-refractivity contribution in [2.45, 2.75) is 24.3 Å². The van der Waals surface area contributed by atoms with Crippen LogP contribution in [0.4, 0.5) is 5.69 Å². The number of benzene rings is 2. The molecule has 1 heterocycles. The van der Waals surface area contributed by atoms with Crippen molar-refractivity contribution in [3.63, 3.8) is 0 Å². The number of hydrogen-bond acceptors (Lipinski definition) is 4. The number of nitrogens with one attached hydrogen (secondary N) is 1. The highest BCUT2D eigenvalue weighted by Crippen LogP contribution is 2.22. The smallest absolute Gasteiger partial charge is 0.255 e. The third-order valence-electron chi connectivity index (χ3n) is 4.34. The molecule has 3 rings (SSSR count). The van der Waals surface area contributed by atoms with Gasteiger partial charge in [-0.2, -0.15) is 4.31 Å². The summed E-state index contributed by atoms with van der Waals surface area (Å²) in [5.74, 6) is -0.246. The summed E-state index contributed by atoms with van der Waals surface area (Å²) in [5.41, 5.74) is 2.07. The van der Waals surface area contributed by atoms with E-state index < -0.39 is 10.0 Å². The Bertz CT molecular complexity index is 855. The van der Waals surface area contributed by atoms with Gasteiger partial charge in [0.25, 0.3) is 5.91 Å². The summed E-state index contributed by atoms with van der Waals surface area (Å²) in [7, 11) is -1.82. The molecule has 1 amide bonds. The van der Waals surface area contributed by atoms with Gasteiger partial charge in [-0.3, -0.25) is 4.79 Å². The predicted octanol–water partition coefficient (Wildman–Crippen LogP) is 2.87. The third-order valence-corrected chi connectivity index (χ3v) is 6.25. The molecule has 138 valence electrons. The largest absolute Gasteiger partial charge is 0.380 e.